The van der Waals surface area contributed by atoms with Gasteiger partial charge in [-0.05, 0) is 17.4 Å². The second-order valence-electron chi connectivity index (χ2n) is 5.61. The molecule has 0 bridgehead atoms. The minimum absolute atomic E-state index is 0.000177. The zero-order valence-electron chi connectivity index (χ0n) is 13.3. The van der Waals surface area contributed by atoms with E-state index < -0.39 is 32.2 Å². The maximum absolute atomic E-state index is 12.6. The largest absolute Gasteiger partial charge is 0.330 e. The van der Waals surface area contributed by atoms with E-state index in [1.54, 1.807) is 0 Å². The van der Waals surface area contributed by atoms with Crippen LogP contribution in [0.15, 0.2) is 38.2 Å². The van der Waals surface area contributed by atoms with Crippen molar-refractivity contribution in [1.29, 1.82) is 0 Å². The molecule has 9 heteroatoms. The molecule has 1 N–H and O–H groups in total. The summed E-state index contributed by atoms with van der Waals surface area (Å²) in [4.78, 5) is 24.3. The number of hydrogen-bond donors (Lipinski definition) is 1. The SMILES string of the molecule is CC(C)C(NS(=O)(=O)c1cn(C)c(=O)n(C)c1=O)c1cccs1. The Bertz CT molecular complexity index is 908. The molecule has 2 aromatic heterocycles. The third-order valence-corrected chi connectivity index (χ3v) is 5.88. The quantitative estimate of drug-likeness (QED) is 0.858. The first kappa shape index (κ1) is 17.6. The zero-order chi connectivity index (χ0) is 17.4. The molecule has 7 nitrogen and oxygen atoms in total. The second kappa shape index (κ2) is 6.42. The number of thiophene rings is 1. The Labute approximate surface area is 138 Å². The van der Waals surface area contributed by atoms with Crippen LogP contribution >= 0.6 is 11.3 Å². The number of nitrogens with zero attached hydrogens (tertiary/aromatic N) is 2. The fourth-order valence-corrected chi connectivity index (χ4v) is 4.73. The number of hydrogen-bond acceptors (Lipinski definition) is 5. The number of aryl methyl sites for hydroxylation is 1. The number of rotatable bonds is 5. The van der Waals surface area contributed by atoms with Crippen molar-refractivity contribution in [3.63, 3.8) is 0 Å². The van der Waals surface area contributed by atoms with Crippen molar-refractivity contribution in [3.8, 4) is 0 Å². The van der Waals surface area contributed by atoms with Gasteiger partial charge >= 0.3 is 5.69 Å². The van der Waals surface area contributed by atoms with Gasteiger partial charge in [-0.15, -0.1) is 11.3 Å². The van der Waals surface area contributed by atoms with E-state index in [1.807, 2.05) is 31.4 Å². The molecule has 1 atom stereocenters. The van der Waals surface area contributed by atoms with Gasteiger partial charge in [-0.3, -0.25) is 9.36 Å². The van der Waals surface area contributed by atoms with E-state index in [0.29, 0.717) is 0 Å². The molecule has 1 unspecified atom stereocenters. The first-order chi connectivity index (χ1) is 10.6. The molecule has 2 heterocycles. The van der Waals surface area contributed by atoms with Gasteiger partial charge in [0.25, 0.3) is 5.56 Å². The molecule has 0 aliphatic rings. The zero-order valence-corrected chi connectivity index (χ0v) is 14.9. The highest BCUT2D eigenvalue weighted by Gasteiger charge is 2.27. The maximum Gasteiger partial charge on any atom is 0.330 e. The van der Waals surface area contributed by atoms with E-state index in [9.17, 15) is 18.0 Å². The summed E-state index contributed by atoms with van der Waals surface area (Å²) in [5.74, 6) is -0.000177. The van der Waals surface area contributed by atoms with Gasteiger partial charge in [-0.25, -0.2) is 17.9 Å². The van der Waals surface area contributed by atoms with Gasteiger partial charge in [-0.2, -0.15) is 0 Å². The Morgan fingerprint density at radius 1 is 1.22 bits per heavy atom. The van der Waals surface area contributed by atoms with Gasteiger partial charge < -0.3 is 4.57 Å². The lowest BCUT2D eigenvalue weighted by Crippen LogP contribution is -2.42. The predicted octanol–water partition coefficient (Wildman–Crippen LogP) is 0.821. The highest BCUT2D eigenvalue weighted by molar-refractivity contribution is 7.89. The molecule has 2 rings (SSSR count). The second-order valence-corrected chi connectivity index (χ2v) is 8.27. The molecule has 0 aliphatic carbocycles. The monoisotopic (exact) mass is 357 g/mol. The third kappa shape index (κ3) is 3.46. The number of sulfonamides is 1. The summed E-state index contributed by atoms with van der Waals surface area (Å²) in [5.41, 5.74) is -1.41. The van der Waals surface area contributed by atoms with Crippen LogP contribution in [0.4, 0.5) is 0 Å². The van der Waals surface area contributed by atoms with Crippen LogP contribution in [0.2, 0.25) is 0 Å². The highest BCUT2D eigenvalue weighted by atomic mass is 32.2. The maximum atomic E-state index is 12.6. The lowest BCUT2D eigenvalue weighted by Gasteiger charge is -2.21. The highest BCUT2D eigenvalue weighted by Crippen LogP contribution is 2.27. The minimum atomic E-state index is -4.06. The molecule has 0 aliphatic heterocycles. The van der Waals surface area contributed by atoms with Crippen molar-refractivity contribution in [2.75, 3.05) is 0 Å². The van der Waals surface area contributed by atoms with E-state index in [-0.39, 0.29) is 5.92 Å². The topological polar surface area (TPSA) is 90.2 Å². The van der Waals surface area contributed by atoms with Crippen LogP contribution in [-0.4, -0.2) is 17.6 Å². The molecule has 0 radical (unpaired) electrons. The third-order valence-electron chi connectivity index (χ3n) is 3.50. The average molecular weight is 357 g/mol. The van der Waals surface area contributed by atoms with Crippen molar-refractivity contribution in [2.45, 2.75) is 24.8 Å². The molecule has 23 heavy (non-hydrogen) atoms. The van der Waals surface area contributed by atoms with Crippen LogP contribution in [0, 0.1) is 5.92 Å². The Kier molecular flexibility index (Phi) is 4.92. The first-order valence-electron chi connectivity index (χ1n) is 6.97. The van der Waals surface area contributed by atoms with Crippen molar-refractivity contribution in [1.82, 2.24) is 13.9 Å². The van der Waals surface area contributed by atoms with E-state index in [2.05, 4.69) is 4.72 Å². The van der Waals surface area contributed by atoms with Crippen LogP contribution in [-0.2, 0) is 24.1 Å². The van der Waals surface area contributed by atoms with Crippen LogP contribution in [0.25, 0.3) is 0 Å². The van der Waals surface area contributed by atoms with Crippen molar-refractivity contribution >= 4 is 21.4 Å². The minimum Gasteiger partial charge on any atom is -0.302 e. The molecule has 0 saturated carbocycles. The fourth-order valence-electron chi connectivity index (χ4n) is 2.18. The van der Waals surface area contributed by atoms with E-state index in [1.165, 1.54) is 25.4 Å². The smallest absolute Gasteiger partial charge is 0.302 e. The average Bonchev–Trinajstić information content (AvgIpc) is 3.00. The van der Waals surface area contributed by atoms with Gasteiger partial charge in [0.1, 0.15) is 0 Å². The number of aromatic nitrogens is 2. The molecule has 0 saturated heterocycles. The first-order valence-corrected chi connectivity index (χ1v) is 9.34. The van der Waals surface area contributed by atoms with Crippen molar-refractivity contribution < 1.29 is 8.42 Å². The fraction of sp³-hybridized carbons (Fsp3) is 0.429. The summed E-state index contributed by atoms with van der Waals surface area (Å²) < 4.78 is 29.7. The van der Waals surface area contributed by atoms with E-state index in [4.69, 9.17) is 0 Å². The molecular weight excluding hydrogens is 338 g/mol. The van der Waals surface area contributed by atoms with Crippen LogP contribution in [0.1, 0.15) is 24.8 Å². The summed E-state index contributed by atoms with van der Waals surface area (Å²) in [7, 11) is -1.40. The summed E-state index contributed by atoms with van der Waals surface area (Å²) in [5, 5.41) is 1.87. The Morgan fingerprint density at radius 3 is 2.39 bits per heavy atom. The summed E-state index contributed by atoms with van der Waals surface area (Å²) in [6.07, 6.45) is 1.05. The molecule has 126 valence electrons. The van der Waals surface area contributed by atoms with Crippen molar-refractivity contribution in [2.24, 2.45) is 20.0 Å². The van der Waals surface area contributed by atoms with Crippen LogP contribution < -0.4 is 16.0 Å². The van der Waals surface area contributed by atoms with E-state index >= 15 is 0 Å². The lowest BCUT2D eigenvalue weighted by molar-refractivity contribution is 0.467. The lowest BCUT2D eigenvalue weighted by atomic mass is 10.0. The summed E-state index contributed by atoms with van der Waals surface area (Å²) in [6, 6.07) is 3.24. The van der Waals surface area contributed by atoms with Gasteiger partial charge in [0.2, 0.25) is 10.0 Å². The summed E-state index contributed by atoms with van der Waals surface area (Å²) in [6.45, 7) is 3.79. The van der Waals surface area contributed by atoms with Gasteiger partial charge in [0.05, 0.1) is 6.04 Å². The standard InChI is InChI=1S/C14H19N3O4S2/c1-9(2)12(10-6-5-7-22-10)15-23(20,21)11-8-16(3)14(19)17(4)13(11)18/h5-9,12,15H,1-4H3. The van der Waals surface area contributed by atoms with Crippen LogP contribution in [0.5, 0.6) is 0 Å². The molecule has 0 spiro atoms. The molecular formula is C14H19N3O4S2. The normalized spacial score (nSPS) is 13.4. The van der Waals surface area contributed by atoms with Crippen molar-refractivity contribution in [3.05, 3.63) is 49.4 Å². The van der Waals surface area contributed by atoms with Gasteiger partial charge in [-0.1, -0.05) is 19.9 Å². The van der Waals surface area contributed by atoms with Gasteiger partial charge in [0.15, 0.2) is 4.90 Å². The predicted molar refractivity (Wildman–Crippen MR) is 89.1 cm³/mol. The van der Waals surface area contributed by atoms with Crippen LogP contribution in [0.3, 0.4) is 0 Å². The molecule has 2 aromatic rings. The molecule has 0 amide bonds. The number of nitrogens with one attached hydrogen (secondary N) is 1. The Hall–Kier alpha value is -1.71. The molecule has 0 aromatic carbocycles. The van der Waals surface area contributed by atoms with E-state index in [0.717, 1.165) is 20.2 Å². The Morgan fingerprint density at radius 2 is 1.87 bits per heavy atom. The van der Waals surface area contributed by atoms with Gasteiger partial charge in [0, 0.05) is 25.2 Å². The Balaban J connectivity index is 2.51. The molecule has 0 fully saturated rings. The summed E-state index contributed by atoms with van der Waals surface area (Å²) >= 11 is 1.44.